The van der Waals surface area contributed by atoms with Gasteiger partial charge >= 0.3 is 0 Å². The average Bonchev–Trinajstić information content (AvgIpc) is 2.09. The number of hydrogen-bond acceptors (Lipinski definition) is 5. The van der Waals surface area contributed by atoms with E-state index in [9.17, 15) is 15.0 Å². The fourth-order valence-corrected chi connectivity index (χ4v) is 1.48. The number of rotatable bonds is 1. The van der Waals surface area contributed by atoms with Crippen LogP contribution in [-0.2, 0) is 9.53 Å². The molecule has 82 valence electrons. The van der Waals surface area contributed by atoms with Gasteiger partial charge in [-0.25, -0.2) is 0 Å². The summed E-state index contributed by atoms with van der Waals surface area (Å²) >= 11 is 0. The van der Waals surface area contributed by atoms with Gasteiger partial charge in [0.1, 0.15) is 12.2 Å². The van der Waals surface area contributed by atoms with Crippen molar-refractivity contribution in [1.82, 2.24) is 5.32 Å². The van der Waals surface area contributed by atoms with Gasteiger partial charge in [0.2, 0.25) is 5.91 Å². The first-order valence-corrected chi connectivity index (χ1v) is 4.40. The second-order valence-electron chi connectivity index (χ2n) is 3.44. The molecule has 4 N–H and O–H groups in total. The number of aliphatic hydroxyl groups is 3. The SMILES string of the molecule is CC(=O)N[C@H]1[C@H](O)[C@H](O)C(O)O[C@@H]1C. The van der Waals surface area contributed by atoms with Gasteiger partial charge in [-0.2, -0.15) is 0 Å². The van der Waals surface area contributed by atoms with Crippen molar-refractivity contribution >= 4 is 5.91 Å². The lowest BCUT2D eigenvalue weighted by atomic mass is 9.97. The molecule has 0 aliphatic carbocycles. The second-order valence-corrected chi connectivity index (χ2v) is 3.44. The van der Waals surface area contributed by atoms with Gasteiger partial charge in [0.25, 0.3) is 0 Å². The Kier molecular flexibility index (Phi) is 3.43. The fourth-order valence-electron chi connectivity index (χ4n) is 1.48. The lowest BCUT2D eigenvalue weighted by Crippen LogP contribution is -2.62. The number of amides is 1. The number of carbonyl (C=O) groups is 1. The zero-order valence-corrected chi connectivity index (χ0v) is 8.04. The van der Waals surface area contributed by atoms with Crippen molar-refractivity contribution in [1.29, 1.82) is 0 Å². The van der Waals surface area contributed by atoms with Crippen molar-refractivity contribution in [2.75, 3.05) is 0 Å². The number of nitrogens with one attached hydrogen (secondary N) is 1. The summed E-state index contributed by atoms with van der Waals surface area (Å²) in [6, 6.07) is -0.703. The summed E-state index contributed by atoms with van der Waals surface area (Å²) in [5.41, 5.74) is 0. The Bertz CT molecular complexity index is 222. The van der Waals surface area contributed by atoms with Gasteiger partial charge in [0, 0.05) is 6.92 Å². The van der Waals surface area contributed by atoms with Crippen LogP contribution in [0.15, 0.2) is 0 Å². The van der Waals surface area contributed by atoms with Crippen molar-refractivity contribution in [3.8, 4) is 0 Å². The minimum absolute atomic E-state index is 0.326. The second kappa shape index (κ2) is 4.22. The molecule has 1 unspecified atom stereocenters. The molecule has 0 spiro atoms. The van der Waals surface area contributed by atoms with Crippen molar-refractivity contribution in [3.63, 3.8) is 0 Å². The topological polar surface area (TPSA) is 99.0 Å². The van der Waals surface area contributed by atoms with Gasteiger partial charge in [-0.15, -0.1) is 0 Å². The first-order valence-electron chi connectivity index (χ1n) is 4.40. The van der Waals surface area contributed by atoms with Gasteiger partial charge < -0.3 is 25.4 Å². The van der Waals surface area contributed by atoms with E-state index >= 15 is 0 Å². The van der Waals surface area contributed by atoms with Crippen LogP contribution >= 0.6 is 0 Å². The van der Waals surface area contributed by atoms with E-state index in [0.717, 1.165) is 0 Å². The summed E-state index contributed by atoms with van der Waals surface area (Å²) in [4.78, 5) is 10.8. The van der Waals surface area contributed by atoms with Crippen LogP contribution < -0.4 is 5.32 Å². The Balaban J connectivity index is 2.68. The van der Waals surface area contributed by atoms with E-state index in [0.29, 0.717) is 0 Å². The minimum atomic E-state index is -1.41. The summed E-state index contributed by atoms with van der Waals surface area (Å²) in [5, 5.41) is 30.4. The molecule has 1 aliphatic heterocycles. The molecule has 0 aromatic carbocycles. The summed E-state index contributed by atoms with van der Waals surface area (Å²) in [6.07, 6.45) is -4.59. The molecule has 0 aromatic rings. The van der Waals surface area contributed by atoms with E-state index < -0.39 is 30.6 Å². The molecule has 1 amide bonds. The fraction of sp³-hybridized carbons (Fsp3) is 0.875. The minimum Gasteiger partial charge on any atom is -0.388 e. The third-order valence-electron chi connectivity index (χ3n) is 2.24. The summed E-state index contributed by atoms with van der Waals surface area (Å²) in [7, 11) is 0. The van der Waals surface area contributed by atoms with E-state index in [1.807, 2.05) is 0 Å². The van der Waals surface area contributed by atoms with Gasteiger partial charge in [-0.1, -0.05) is 0 Å². The van der Waals surface area contributed by atoms with Crippen LogP contribution in [0.1, 0.15) is 13.8 Å². The highest BCUT2D eigenvalue weighted by Gasteiger charge is 2.42. The molecule has 14 heavy (non-hydrogen) atoms. The normalized spacial score (nSPS) is 43.4. The number of hydrogen-bond donors (Lipinski definition) is 4. The van der Waals surface area contributed by atoms with E-state index in [2.05, 4.69) is 5.32 Å². The molecule has 5 atom stereocenters. The maximum Gasteiger partial charge on any atom is 0.217 e. The Morgan fingerprint density at radius 3 is 2.36 bits per heavy atom. The first kappa shape index (κ1) is 11.4. The number of ether oxygens (including phenoxy) is 1. The van der Waals surface area contributed by atoms with Crippen LogP contribution in [-0.4, -0.2) is 51.9 Å². The molecule has 1 saturated heterocycles. The predicted octanol–water partition coefficient (Wildman–Crippen LogP) is -2.05. The third kappa shape index (κ3) is 2.21. The Morgan fingerprint density at radius 2 is 1.86 bits per heavy atom. The van der Waals surface area contributed by atoms with Crippen LogP contribution in [0.2, 0.25) is 0 Å². The third-order valence-corrected chi connectivity index (χ3v) is 2.24. The average molecular weight is 205 g/mol. The maximum atomic E-state index is 10.8. The zero-order chi connectivity index (χ0) is 10.9. The quantitative estimate of drug-likeness (QED) is 0.395. The van der Waals surface area contributed by atoms with Crippen LogP contribution in [0, 0.1) is 0 Å². The maximum absolute atomic E-state index is 10.8. The van der Waals surface area contributed by atoms with Gasteiger partial charge in [0.15, 0.2) is 6.29 Å². The van der Waals surface area contributed by atoms with Gasteiger partial charge in [-0.3, -0.25) is 4.79 Å². The largest absolute Gasteiger partial charge is 0.388 e. The van der Waals surface area contributed by atoms with Crippen molar-refractivity contribution in [2.45, 2.75) is 44.5 Å². The lowest BCUT2D eigenvalue weighted by Gasteiger charge is -2.39. The standard InChI is InChI=1S/C8H15NO5/c1-3-5(9-4(2)10)6(11)7(12)8(13)14-3/h3,5-8,11-13H,1-2H3,(H,9,10)/t3-,5-,6+,7+,8?/m1/s1. The van der Waals surface area contributed by atoms with Gasteiger partial charge in [0.05, 0.1) is 12.1 Å². The molecule has 1 heterocycles. The van der Waals surface area contributed by atoms with Crippen molar-refractivity contribution < 1.29 is 24.9 Å². The molecule has 1 fully saturated rings. The molecular weight excluding hydrogens is 190 g/mol. The molecule has 0 bridgehead atoms. The van der Waals surface area contributed by atoms with E-state index in [1.54, 1.807) is 6.92 Å². The monoisotopic (exact) mass is 205 g/mol. The van der Waals surface area contributed by atoms with E-state index in [4.69, 9.17) is 9.84 Å². The van der Waals surface area contributed by atoms with Crippen molar-refractivity contribution in [2.24, 2.45) is 0 Å². The molecular formula is C8H15NO5. The highest BCUT2D eigenvalue weighted by molar-refractivity contribution is 5.73. The molecule has 1 aliphatic rings. The molecule has 6 heteroatoms. The lowest BCUT2D eigenvalue weighted by molar-refractivity contribution is -0.253. The van der Waals surface area contributed by atoms with E-state index in [-0.39, 0.29) is 5.91 Å². The molecule has 6 nitrogen and oxygen atoms in total. The molecule has 0 saturated carbocycles. The first-order chi connectivity index (χ1) is 6.43. The van der Waals surface area contributed by atoms with Crippen LogP contribution in [0.4, 0.5) is 0 Å². The predicted molar refractivity (Wildman–Crippen MR) is 46.2 cm³/mol. The smallest absolute Gasteiger partial charge is 0.217 e. The Morgan fingerprint density at radius 1 is 1.29 bits per heavy atom. The van der Waals surface area contributed by atoms with Crippen LogP contribution in [0.3, 0.4) is 0 Å². The molecule has 0 aromatic heterocycles. The van der Waals surface area contributed by atoms with Crippen LogP contribution in [0.25, 0.3) is 0 Å². The highest BCUT2D eigenvalue weighted by atomic mass is 16.6. The zero-order valence-electron chi connectivity index (χ0n) is 8.04. The Labute approximate surface area is 81.5 Å². The molecule has 0 radical (unpaired) electrons. The number of carbonyl (C=O) groups excluding carboxylic acids is 1. The summed E-state index contributed by atoms with van der Waals surface area (Å²) in [6.45, 7) is 2.90. The van der Waals surface area contributed by atoms with Crippen molar-refractivity contribution in [3.05, 3.63) is 0 Å². The number of aliphatic hydroxyl groups excluding tert-OH is 3. The van der Waals surface area contributed by atoms with Crippen LogP contribution in [0.5, 0.6) is 0 Å². The Hall–Kier alpha value is -0.690. The summed E-state index contributed by atoms with van der Waals surface area (Å²) < 4.78 is 4.91. The van der Waals surface area contributed by atoms with Gasteiger partial charge in [-0.05, 0) is 6.92 Å². The van der Waals surface area contributed by atoms with E-state index in [1.165, 1.54) is 6.92 Å². The highest BCUT2D eigenvalue weighted by Crippen LogP contribution is 2.19. The summed E-state index contributed by atoms with van der Waals surface area (Å²) in [5.74, 6) is -0.326. The molecule has 1 rings (SSSR count).